The molecule has 3 heteroatoms. The average Bonchev–Trinajstić information content (AvgIpc) is 2.42. The van der Waals surface area contributed by atoms with Gasteiger partial charge in [-0.2, -0.15) is 5.26 Å². The van der Waals surface area contributed by atoms with Gasteiger partial charge in [-0.15, -0.1) is 0 Å². The fraction of sp³-hybridized carbons (Fsp3) is 0.214. The maximum absolute atomic E-state index is 9.23. The lowest BCUT2D eigenvalue weighted by molar-refractivity contribution is 0.889. The van der Waals surface area contributed by atoms with E-state index in [1.807, 2.05) is 24.3 Å². The van der Waals surface area contributed by atoms with Crippen LogP contribution < -0.4 is 0 Å². The van der Waals surface area contributed by atoms with E-state index in [0.717, 1.165) is 12.0 Å². The van der Waals surface area contributed by atoms with Gasteiger partial charge in [0.2, 0.25) is 0 Å². The number of benzene rings is 1. The highest BCUT2D eigenvalue weighted by atomic mass is 14.9. The van der Waals surface area contributed by atoms with Crippen molar-refractivity contribution in [2.45, 2.75) is 19.3 Å². The molecule has 17 heavy (non-hydrogen) atoms. The van der Waals surface area contributed by atoms with Gasteiger partial charge >= 0.3 is 0 Å². The van der Waals surface area contributed by atoms with Gasteiger partial charge in [0.1, 0.15) is 11.7 Å². The zero-order chi connectivity index (χ0) is 12.1. The van der Waals surface area contributed by atoms with Crippen LogP contribution in [0.3, 0.4) is 0 Å². The SMILES string of the molecule is CCc1ccc(C(C#N)c2ncccn2)cc1. The Morgan fingerprint density at radius 3 is 2.35 bits per heavy atom. The molecule has 0 aliphatic heterocycles. The van der Waals surface area contributed by atoms with Crippen LogP contribution in [0.15, 0.2) is 42.7 Å². The fourth-order valence-electron chi connectivity index (χ4n) is 1.69. The molecule has 0 saturated heterocycles. The second-order valence-corrected chi connectivity index (χ2v) is 3.76. The highest BCUT2D eigenvalue weighted by molar-refractivity contribution is 5.33. The van der Waals surface area contributed by atoms with Crippen LogP contribution in [0.2, 0.25) is 0 Å². The van der Waals surface area contributed by atoms with Crippen LogP contribution in [0.1, 0.15) is 29.8 Å². The summed E-state index contributed by atoms with van der Waals surface area (Å²) in [6.07, 6.45) is 4.32. The first-order chi connectivity index (χ1) is 8.35. The van der Waals surface area contributed by atoms with Crippen molar-refractivity contribution in [1.82, 2.24) is 9.97 Å². The van der Waals surface area contributed by atoms with Crippen LogP contribution in [0.5, 0.6) is 0 Å². The third kappa shape index (κ3) is 2.48. The number of aryl methyl sites for hydroxylation is 1. The van der Waals surface area contributed by atoms with Crippen molar-refractivity contribution in [3.05, 3.63) is 59.7 Å². The predicted molar refractivity (Wildman–Crippen MR) is 65.3 cm³/mol. The minimum atomic E-state index is -0.387. The molecule has 1 heterocycles. The molecule has 2 aromatic rings. The van der Waals surface area contributed by atoms with Crippen LogP contribution >= 0.6 is 0 Å². The molecular formula is C14H13N3. The van der Waals surface area contributed by atoms with Gasteiger partial charge in [-0.05, 0) is 23.6 Å². The minimum Gasteiger partial charge on any atom is -0.240 e. The number of nitrogens with zero attached hydrogens (tertiary/aromatic N) is 3. The highest BCUT2D eigenvalue weighted by Gasteiger charge is 2.15. The maximum atomic E-state index is 9.23. The standard InChI is InChI=1S/C14H13N3/c1-2-11-4-6-12(7-5-11)13(10-15)14-16-8-3-9-17-14/h3-9,13H,2H2,1H3. The monoisotopic (exact) mass is 223 g/mol. The quantitative estimate of drug-likeness (QED) is 0.803. The van der Waals surface area contributed by atoms with Gasteiger partial charge < -0.3 is 0 Å². The van der Waals surface area contributed by atoms with E-state index >= 15 is 0 Å². The van der Waals surface area contributed by atoms with Gasteiger partial charge in [0.15, 0.2) is 0 Å². The molecule has 1 aromatic carbocycles. The van der Waals surface area contributed by atoms with E-state index in [2.05, 4.69) is 23.0 Å². The van der Waals surface area contributed by atoms with Crippen molar-refractivity contribution < 1.29 is 0 Å². The van der Waals surface area contributed by atoms with Crippen LogP contribution in [0.25, 0.3) is 0 Å². The number of hydrogen-bond donors (Lipinski definition) is 0. The summed E-state index contributed by atoms with van der Waals surface area (Å²) in [5.41, 5.74) is 2.20. The smallest absolute Gasteiger partial charge is 0.149 e. The van der Waals surface area contributed by atoms with Gasteiger partial charge in [-0.3, -0.25) is 0 Å². The van der Waals surface area contributed by atoms with Crippen molar-refractivity contribution >= 4 is 0 Å². The summed E-state index contributed by atoms with van der Waals surface area (Å²) in [5, 5.41) is 9.23. The predicted octanol–water partition coefficient (Wildman–Crippen LogP) is 2.69. The van der Waals surface area contributed by atoms with Crippen LogP contribution in [0.4, 0.5) is 0 Å². The molecule has 84 valence electrons. The third-order valence-electron chi connectivity index (χ3n) is 2.69. The second kappa shape index (κ2) is 5.22. The molecule has 1 atom stereocenters. The molecule has 0 saturated carbocycles. The number of aromatic nitrogens is 2. The summed E-state index contributed by atoms with van der Waals surface area (Å²) >= 11 is 0. The second-order valence-electron chi connectivity index (χ2n) is 3.76. The Balaban J connectivity index is 2.33. The van der Waals surface area contributed by atoms with E-state index in [4.69, 9.17) is 0 Å². The van der Waals surface area contributed by atoms with Crippen LogP contribution in [-0.2, 0) is 6.42 Å². The Hall–Kier alpha value is -2.21. The van der Waals surface area contributed by atoms with Gasteiger partial charge in [-0.1, -0.05) is 31.2 Å². The molecule has 2 rings (SSSR count). The molecule has 0 radical (unpaired) electrons. The molecule has 3 nitrogen and oxygen atoms in total. The molecule has 0 N–H and O–H groups in total. The molecule has 1 aromatic heterocycles. The molecule has 0 fully saturated rings. The number of nitriles is 1. The van der Waals surface area contributed by atoms with Crippen molar-refractivity contribution in [3.8, 4) is 6.07 Å². The Bertz CT molecular complexity index is 511. The molecule has 1 unspecified atom stereocenters. The first-order valence-electron chi connectivity index (χ1n) is 5.60. The molecule has 0 amide bonds. The number of hydrogen-bond acceptors (Lipinski definition) is 3. The summed E-state index contributed by atoms with van der Waals surface area (Å²) in [6.45, 7) is 2.11. The van der Waals surface area contributed by atoms with Crippen molar-refractivity contribution in [2.75, 3.05) is 0 Å². The zero-order valence-corrected chi connectivity index (χ0v) is 9.67. The Morgan fingerprint density at radius 1 is 1.18 bits per heavy atom. The van der Waals surface area contributed by atoms with Gasteiger partial charge in [0, 0.05) is 12.4 Å². The fourth-order valence-corrected chi connectivity index (χ4v) is 1.69. The molecule has 0 spiro atoms. The molecule has 0 aliphatic rings. The molecular weight excluding hydrogens is 210 g/mol. The minimum absolute atomic E-state index is 0.387. The summed E-state index contributed by atoms with van der Waals surface area (Å²) in [4.78, 5) is 8.27. The van der Waals surface area contributed by atoms with E-state index in [1.165, 1.54) is 5.56 Å². The summed E-state index contributed by atoms with van der Waals surface area (Å²) in [6, 6.07) is 12.0. The summed E-state index contributed by atoms with van der Waals surface area (Å²) in [7, 11) is 0. The Kier molecular flexibility index (Phi) is 3.46. The first-order valence-corrected chi connectivity index (χ1v) is 5.60. The normalized spacial score (nSPS) is 11.8. The lowest BCUT2D eigenvalue weighted by Gasteiger charge is -2.08. The lowest BCUT2D eigenvalue weighted by atomic mass is 9.98. The maximum Gasteiger partial charge on any atom is 0.149 e. The van der Waals surface area contributed by atoms with E-state index in [9.17, 15) is 5.26 Å². The highest BCUT2D eigenvalue weighted by Crippen LogP contribution is 2.20. The topological polar surface area (TPSA) is 49.6 Å². The Morgan fingerprint density at radius 2 is 1.82 bits per heavy atom. The van der Waals surface area contributed by atoms with Crippen molar-refractivity contribution in [1.29, 1.82) is 5.26 Å². The lowest BCUT2D eigenvalue weighted by Crippen LogP contribution is -2.03. The van der Waals surface area contributed by atoms with E-state index in [-0.39, 0.29) is 5.92 Å². The van der Waals surface area contributed by atoms with Gasteiger partial charge in [-0.25, -0.2) is 9.97 Å². The van der Waals surface area contributed by atoms with Crippen LogP contribution in [-0.4, -0.2) is 9.97 Å². The summed E-state index contributed by atoms with van der Waals surface area (Å²) in [5.74, 6) is 0.168. The Labute approximate surface area is 101 Å². The number of rotatable bonds is 3. The van der Waals surface area contributed by atoms with E-state index in [0.29, 0.717) is 5.82 Å². The third-order valence-corrected chi connectivity index (χ3v) is 2.69. The summed E-state index contributed by atoms with van der Waals surface area (Å²) < 4.78 is 0. The average molecular weight is 223 g/mol. The zero-order valence-electron chi connectivity index (χ0n) is 9.67. The largest absolute Gasteiger partial charge is 0.240 e. The van der Waals surface area contributed by atoms with Crippen molar-refractivity contribution in [3.63, 3.8) is 0 Å². The van der Waals surface area contributed by atoms with E-state index < -0.39 is 0 Å². The first kappa shape index (κ1) is 11.3. The van der Waals surface area contributed by atoms with Crippen LogP contribution in [0, 0.1) is 11.3 Å². The molecule has 0 bridgehead atoms. The van der Waals surface area contributed by atoms with Gasteiger partial charge in [0.05, 0.1) is 6.07 Å². The van der Waals surface area contributed by atoms with E-state index in [1.54, 1.807) is 18.5 Å². The van der Waals surface area contributed by atoms with Crippen molar-refractivity contribution in [2.24, 2.45) is 0 Å². The van der Waals surface area contributed by atoms with Gasteiger partial charge in [0.25, 0.3) is 0 Å². The molecule has 0 aliphatic carbocycles.